The number of thioether (sulfide) groups is 1. The van der Waals surface area contributed by atoms with Gasteiger partial charge in [-0.15, -0.1) is 0 Å². The number of halogens is 1. The van der Waals surface area contributed by atoms with Gasteiger partial charge in [-0.05, 0) is 19.1 Å². The van der Waals surface area contributed by atoms with Crippen LogP contribution in [0.5, 0.6) is 0 Å². The van der Waals surface area contributed by atoms with E-state index in [0.29, 0.717) is 23.2 Å². The number of carboxylic acid groups (broad SMARTS) is 1. The van der Waals surface area contributed by atoms with Gasteiger partial charge in [0.1, 0.15) is 5.15 Å². The highest BCUT2D eigenvalue weighted by molar-refractivity contribution is 7.98. The predicted octanol–water partition coefficient (Wildman–Crippen LogP) is 2.82. The second kappa shape index (κ2) is 4.46. The van der Waals surface area contributed by atoms with Crippen LogP contribution in [-0.4, -0.2) is 27.3 Å². The van der Waals surface area contributed by atoms with E-state index in [2.05, 4.69) is 9.97 Å². The maximum Gasteiger partial charge on any atom is 0.310 e. The minimum Gasteiger partial charge on any atom is -0.481 e. The Bertz CT molecular complexity index is 469. The fraction of sp³-hybridized carbons (Fsp3) is 0.545. The minimum absolute atomic E-state index is 0.0478. The van der Waals surface area contributed by atoms with Crippen molar-refractivity contribution in [3.8, 4) is 0 Å². The van der Waals surface area contributed by atoms with E-state index in [0.717, 1.165) is 5.56 Å². The lowest BCUT2D eigenvalue weighted by molar-refractivity contribution is -0.143. The molecule has 1 saturated carbocycles. The van der Waals surface area contributed by atoms with Crippen molar-refractivity contribution in [2.75, 3.05) is 6.26 Å². The number of nitrogens with zero attached hydrogens (tertiary/aromatic N) is 2. The zero-order chi connectivity index (χ0) is 12.6. The summed E-state index contributed by atoms with van der Waals surface area (Å²) in [6, 6.07) is 0. The molecule has 0 spiro atoms. The van der Waals surface area contributed by atoms with Crippen LogP contribution in [0.2, 0.25) is 5.15 Å². The van der Waals surface area contributed by atoms with Gasteiger partial charge in [-0.1, -0.05) is 30.3 Å². The molecule has 17 heavy (non-hydrogen) atoms. The zero-order valence-corrected chi connectivity index (χ0v) is 11.2. The van der Waals surface area contributed by atoms with Crippen molar-refractivity contribution in [1.29, 1.82) is 0 Å². The number of aromatic nitrogens is 2. The first-order valence-electron chi connectivity index (χ1n) is 5.35. The summed E-state index contributed by atoms with van der Waals surface area (Å²) in [6.45, 7) is 1.89. The van der Waals surface area contributed by atoms with Gasteiger partial charge in [0.15, 0.2) is 5.16 Å². The normalized spacial score (nSPS) is 26.9. The van der Waals surface area contributed by atoms with Crippen molar-refractivity contribution in [2.45, 2.75) is 30.8 Å². The summed E-state index contributed by atoms with van der Waals surface area (Å²) in [5, 5.41) is 10.2. The monoisotopic (exact) mass is 272 g/mol. The molecular weight excluding hydrogens is 260 g/mol. The molecule has 2 rings (SSSR count). The van der Waals surface area contributed by atoms with Gasteiger partial charge in [0.2, 0.25) is 0 Å². The Kier molecular flexibility index (Phi) is 3.32. The average molecular weight is 273 g/mol. The van der Waals surface area contributed by atoms with Gasteiger partial charge in [0.05, 0.1) is 5.41 Å². The summed E-state index contributed by atoms with van der Waals surface area (Å²) in [7, 11) is 0. The molecule has 0 amide bonds. The zero-order valence-electron chi connectivity index (χ0n) is 9.61. The maximum absolute atomic E-state index is 11.2. The smallest absolute Gasteiger partial charge is 0.310 e. The first kappa shape index (κ1) is 12.6. The SMILES string of the molecule is CCC1(C(=O)O)CC1c1cnc(SC)nc1Cl. The fourth-order valence-corrected chi connectivity index (χ4v) is 2.83. The first-order valence-corrected chi connectivity index (χ1v) is 6.95. The molecule has 2 unspecified atom stereocenters. The van der Waals surface area contributed by atoms with Gasteiger partial charge in [-0.2, -0.15) is 0 Å². The molecule has 4 nitrogen and oxygen atoms in total. The molecular formula is C11H13ClN2O2S. The highest BCUT2D eigenvalue weighted by Gasteiger charge is 2.60. The van der Waals surface area contributed by atoms with Crippen LogP contribution in [0.15, 0.2) is 11.4 Å². The fourth-order valence-electron chi connectivity index (χ4n) is 2.18. The number of hydrogen-bond donors (Lipinski definition) is 1. The number of rotatable bonds is 4. The lowest BCUT2D eigenvalue weighted by Crippen LogP contribution is -2.16. The Morgan fingerprint density at radius 1 is 1.76 bits per heavy atom. The van der Waals surface area contributed by atoms with Gasteiger partial charge in [-0.25, -0.2) is 9.97 Å². The van der Waals surface area contributed by atoms with Crippen molar-refractivity contribution in [2.24, 2.45) is 5.41 Å². The highest BCUT2D eigenvalue weighted by Crippen LogP contribution is 2.62. The van der Waals surface area contributed by atoms with E-state index in [4.69, 9.17) is 11.6 Å². The number of aliphatic carboxylic acids is 1. The molecule has 6 heteroatoms. The summed E-state index contributed by atoms with van der Waals surface area (Å²) in [6.07, 6.45) is 4.76. The summed E-state index contributed by atoms with van der Waals surface area (Å²) in [5.41, 5.74) is 0.0992. The lowest BCUT2D eigenvalue weighted by Gasteiger charge is -2.10. The van der Waals surface area contributed by atoms with Crippen molar-refractivity contribution in [3.63, 3.8) is 0 Å². The molecule has 0 bridgehead atoms. The van der Waals surface area contributed by atoms with Crippen LogP contribution in [0, 0.1) is 5.41 Å². The van der Waals surface area contributed by atoms with Crippen LogP contribution < -0.4 is 0 Å². The molecule has 1 aromatic rings. The molecule has 0 radical (unpaired) electrons. The van der Waals surface area contributed by atoms with Crippen molar-refractivity contribution in [3.05, 3.63) is 16.9 Å². The van der Waals surface area contributed by atoms with Gasteiger partial charge in [0.25, 0.3) is 0 Å². The van der Waals surface area contributed by atoms with Crippen LogP contribution in [0.1, 0.15) is 31.2 Å². The summed E-state index contributed by atoms with van der Waals surface area (Å²) in [4.78, 5) is 19.5. The summed E-state index contributed by atoms with van der Waals surface area (Å²) >= 11 is 7.49. The maximum atomic E-state index is 11.2. The van der Waals surface area contributed by atoms with Crippen LogP contribution in [-0.2, 0) is 4.79 Å². The van der Waals surface area contributed by atoms with Crippen LogP contribution >= 0.6 is 23.4 Å². The van der Waals surface area contributed by atoms with Crippen LogP contribution in [0.4, 0.5) is 0 Å². The molecule has 1 aliphatic rings. The molecule has 1 fully saturated rings. The Balaban J connectivity index is 2.29. The van der Waals surface area contributed by atoms with Crippen LogP contribution in [0.25, 0.3) is 0 Å². The van der Waals surface area contributed by atoms with E-state index < -0.39 is 11.4 Å². The third kappa shape index (κ3) is 2.02. The van der Waals surface area contributed by atoms with Crippen molar-refractivity contribution < 1.29 is 9.90 Å². The molecule has 0 saturated heterocycles. The van der Waals surface area contributed by atoms with E-state index in [-0.39, 0.29) is 5.92 Å². The Morgan fingerprint density at radius 3 is 2.88 bits per heavy atom. The van der Waals surface area contributed by atoms with E-state index >= 15 is 0 Å². The topological polar surface area (TPSA) is 63.1 Å². The van der Waals surface area contributed by atoms with Gasteiger partial charge >= 0.3 is 5.97 Å². The highest BCUT2D eigenvalue weighted by atomic mass is 35.5. The summed E-state index contributed by atoms with van der Waals surface area (Å²) in [5.74, 6) is -0.802. The van der Waals surface area contributed by atoms with Gasteiger partial charge < -0.3 is 5.11 Å². The molecule has 0 aromatic carbocycles. The number of carbonyl (C=O) groups is 1. The van der Waals surface area contributed by atoms with E-state index in [1.807, 2.05) is 13.2 Å². The van der Waals surface area contributed by atoms with E-state index in [1.54, 1.807) is 6.20 Å². The molecule has 1 N–H and O–H groups in total. The standard InChI is InChI=1S/C11H13ClN2O2S/c1-3-11(9(15)16)4-7(11)6-5-13-10(17-2)14-8(6)12/h5,7H,3-4H2,1-2H3,(H,15,16). The number of hydrogen-bond acceptors (Lipinski definition) is 4. The Morgan fingerprint density at radius 2 is 2.47 bits per heavy atom. The minimum atomic E-state index is -0.755. The second-order valence-electron chi connectivity index (χ2n) is 4.17. The summed E-state index contributed by atoms with van der Waals surface area (Å²) < 4.78 is 0. The Labute approximate surface area is 109 Å². The van der Waals surface area contributed by atoms with Crippen LogP contribution in [0.3, 0.4) is 0 Å². The average Bonchev–Trinajstić information content (AvgIpc) is 3.04. The lowest BCUT2D eigenvalue weighted by atomic mass is 9.98. The largest absolute Gasteiger partial charge is 0.481 e. The van der Waals surface area contributed by atoms with E-state index in [1.165, 1.54) is 11.8 Å². The first-order chi connectivity index (χ1) is 8.05. The molecule has 92 valence electrons. The molecule has 0 aliphatic heterocycles. The molecule has 1 aromatic heterocycles. The number of carboxylic acids is 1. The second-order valence-corrected chi connectivity index (χ2v) is 5.31. The molecule has 1 aliphatic carbocycles. The third-order valence-electron chi connectivity index (χ3n) is 3.44. The van der Waals surface area contributed by atoms with Gasteiger partial charge in [-0.3, -0.25) is 4.79 Å². The Hall–Kier alpha value is -0.810. The predicted molar refractivity (Wildman–Crippen MR) is 66.5 cm³/mol. The van der Waals surface area contributed by atoms with Gasteiger partial charge in [0, 0.05) is 17.7 Å². The van der Waals surface area contributed by atoms with Crippen molar-refractivity contribution >= 4 is 29.3 Å². The van der Waals surface area contributed by atoms with Crippen molar-refractivity contribution in [1.82, 2.24) is 9.97 Å². The quantitative estimate of drug-likeness (QED) is 0.519. The molecule has 1 heterocycles. The third-order valence-corrected chi connectivity index (χ3v) is 4.30. The van der Waals surface area contributed by atoms with E-state index in [9.17, 15) is 9.90 Å². The molecule has 2 atom stereocenters.